The SMILES string of the molecule is Cc1ccc(Oc2cc(NC(=O)c3cc4nc(C)cc(C(F)(F)C(F)(F)F)n4n3)cc([N+](=O)[O-])c2)cc1. The Kier molecular flexibility index (Phi) is 6.27. The number of anilines is 1. The molecule has 192 valence electrons. The van der Waals surface area contributed by atoms with Gasteiger partial charge in [-0.25, -0.2) is 9.50 Å². The Morgan fingerprint density at radius 1 is 1.00 bits per heavy atom. The predicted molar refractivity (Wildman–Crippen MR) is 120 cm³/mol. The van der Waals surface area contributed by atoms with E-state index in [-0.39, 0.29) is 21.6 Å². The minimum absolute atomic E-state index is 0.00718. The Hall–Kier alpha value is -4.62. The van der Waals surface area contributed by atoms with Crippen LogP contribution in [0.5, 0.6) is 11.5 Å². The number of nitro groups is 1. The van der Waals surface area contributed by atoms with Gasteiger partial charge in [0.05, 0.1) is 16.7 Å². The number of alkyl halides is 5. The lowest BCUT2D eigenvalue weighted by Gasteiger charge is -2.20. The number of carbonyl (C=O) groups is 1. The summed E-state index contributed by atoms with van der Waals surface area (Å²) in [5.41, 5.74) is -2.24. The number of hydrogen-bond acceptors (Lipinski definition) is 6. The van der Waals surface area contributed by atoms with Crippen LogP contribution in [0.15, 0.2) is 54.6 Å². The number of halogens is 5. The summed E-state index contributed by atoms with van der Waals surface area (Å²) in [4.78, 5) is 27.3. The van der Waals surface area contributed by atoms with Crippen molar-refractivity contribution in [3.8, 4) is 11.5 Å². The van der Waals surface area contributed by atoms with Gasteiger partial charge in [0, 0.05) is 23.9 Å². The van der Waals surface area contributed by atoms with Crippen LogP contribution >= 0.6 is 0 Å². The van der Waals surface area contributed by atoms with Crippen LogP contribution in [0.25, 0.3) is 5.65 Å². The molecule has 4 aromatic rings. The number of aromatic nitrogens is 3. The molecular formula is C23H16F5N5O4. The summed E-state index contributed by atoms with van der Waals surface area (Å²) in [5.74, 6) is -5.94. The number of rotatable bonds is 6. The molecule has 14 heteroatoms. The third-order valence-electron chi connectivity index (χ3n) is 5.08. The van der Waals surface area contributed by atoms with E-state index in [4.69, 9.17) is 4.74 Å². The summed E-state index contributed by atoms with van der Waals surface area (Å²) in [6.07, 6.45) is -5.92. The highest BCUT2D eigenvalue weighted by Crippen LogP contribution is 2.43. The number of nitro benzene ring substituents is 1. The molecule has 0 saturated carbocycles. The van der Waals surface area contributed by atoms with Gasteiger partial charge in [0.1, 0.15) is 17.2 Å². The van der Waals surface area contributed by atoms with Crippen molar-refractivity contribution in [3.05, 3.63) is 87.4 Å². The second kappa shape index (κ2) is 9.11. The molecule has 1 amide bonds. The van der Waals surface area contributed by atoms with Crippen LogP contribution in [0.3, 0.4) is 0 Å². The molecule has 4 rings (SSSR count). The van der Waals surface area contributed by atoms with Crippen molar-refractivity contribution in [2.75, 3.05) is 5.32 Å². The summed E-state index contributed by atoms with van der Waals surface area (Å²) in [7, 11) is 0. The van der Waals surface area contributed by atoms with Crippen molar-refractivity contribution >= 4 is 22.9 Å². The zero-order valence-corrected chi connectivity index (χ0v) is 19.0. The van der Waals surface area contributed by atoms with Gasteiger partial charge in [-0.15, -0.1) is 0 Å². The number of carbonyl (C=O) groups excluding carboxylic acids is 1. The molecule has 2 aromatic heterocycles. The van der Waals surface area contributed by atoms with Gasteiger partial charge in [-0.05, 0) is 32.0 Å². The second-order valence-corrected chi connectivity index (χ2v) is 8.00. The maximum Gasteiger partial charge on any atom is 0.459 e. The van der Waals surface area contributed by atoms with E-state index in [1.807, 2.05) is 6.92 Å². The van der Waals surface area contributed by atoms with E-state index in [0.29, 0.717) is 11.8 Å². The van der Waals surface area contributed by atoms with Crippen molar-refractivity contribution in [2.24, 2.45) is 0 Å². The lowest BCUT2D eigenvalue weighted by molar-refractivity contribution is -0.384. The molecule has 2 heterocycles. The number of aryl methyl sites for hydroxylation is 2. The van der Waals surface area contributed by atoms with E-state index < -0.39 is 45.7 Å². The van der Waals surface area contributed by atoms with Crippen molar-refractivity contribution in [2.45, 2.75) is 25.9 Å². The molecule has 37 heavy (non-hydrogen) atoms. The number of non-ortho nitro benzene ring substituents is 1. The van der Waals surface area contributed by atoms with Crippen molar-refractivity contribution in [1.82, 2.24) is 14.6 Å². The summed E-state index contributed by atoms with van der Waals surface area (Å²) in [6, 6.07) is 11.6. The molecule has 0 atom stereocenters. The molecule has 0 aliphatic rings. The van der Waals surface area contributed by atoms with Crippen molar-refractivity contribution in [3.63, 3.8) is 0 Å². The number of nitrogens with zero attached hydrogens (tertiary/aromatic N) is 4. The van der Waals surface area contributed by atoms with Crippen molar-refractivity contribution in [1.29, 1.82) is 0 Å². The van der Waals surface area contributed by atoms with E-state index in [9.17, 15) is 36.9 Å². The predicted octanol–water partition coefficient (Wildman–Crippen LogP) is 5.95. The van der Waals surface area contributed by atoms with Gasteiger partial charge < -0.3 is 10.1 Å². The average molecular weight is 521 g/mol. The van der Waals surface area contributed by atoms with Crippen LogP contribution in [0.2, 0.25) is 0 Å². The first-order chi connectivity index (χ1) is 17.2. The Balaban J connectivity index is 1.68. The summed E-state index contributed by atoms with van der Waals surface area (Å²) < 4.78 is 73.0. The van der Waals surface area contributed by atoms with Crippen LogP contribution < -0.4 is 10.1 Å². The summed E-state index contributed by atoms with van der Waals surface area (Å²) in [5, 5.41) is 17.3. The number of hydrogen-bond donors (Lipinski definition) is 1. The van der Waals surface area contributed by atoms with Gasteiger partial charge in [-0.3, -0.25) is 14.9 Å². The third-order valence-corrected chi connectivity index (χ3v) is 5.08. The Bertz CT molecular complexity index is 1520. The smallest absolute Gasteiger partial charge is 0.457 e. The highest BCUT2D eigenvalue weighted by molar-refractivity contribution is 6.03. The Morgan fingerprint density at radius 3 is 2.30 bits per heavy atom. The number of benzene rings is 2. The van der Waals surface area contributed by atoms with Crippen LogP contribution in [-0.2, 0) is 5.92 Å². The third kappa shape index (κ3) is 5.17. The van der Waals surface area contributed by atoms with Gasteiger partial charge in [-0.1, -0.05) is 17.7 Å². The van der Waals surface area contributed by atoms with E-state index in [1.54, 1.807) is 24.3 Å². The fourth-order valence-electron chi connectivity index (χ4n) is 3.34. The molecule has 0 spiro atoms. The molecule has 0 radical (unpaired) electrons. The van der Waals surface area contributed by atoms with Gasteiger partial charge >= 0.3 is 12.1 Å². The van der Waals surface area contributed by atoms with Crippen molar-refractivity contribution < 1.29 is 36.4 Å². The average Bonchev–Trinajstić information content (AvgIpc) is 3.23. The quantitative estimate of drug-likeness (QED) is 0.191. The normalized spacial score (nSPS) is 12.0. The van der Waals surface area contributed by atoms with Gasteiger partial charge in [0.15, 0.2) is 11.3 Å². The fraction of sp³-hybridized carbons (Fsp3) is 0.174. The maximum atomic E-state index is 14.1. The number of fused-ring (bicyclic) bond motifs is 1. The van der Waals surface area contributed by atoms with Gasteiger partial charge in [0.2, 0.25) is 0 Å². The summed E-state index contributed by atoms with van der Waals surface area (Å²) >= 11 is 0. The molecular weight excluding hydrogens is 505 g/mol. The maximum absolute atomic E-state index is 14.1. The van der Waals surface area contributed by atoms with E-state index in [0.717, 1.165) is 23.8 Å². The molecule has 0 bridgehead atoms. The summed E-state index contributed by atoms with van der Waals surface area (Å²) in [6.45, 7) is 3.07. The monoisotopic (exact) mass is 521 g/mol. The van der Waals surface area contributed by atoms with E-state index >= 15 is 0 Å². The molecule has 0 aliphatic heterocycles. The first-order valence-electron chi connectivity index (χ1n) is 10.4. The number of ether oxygens (including phenoxy) is 1. The first-order valence-corrected chi connectivity index (χ1v) is 10.4. The lowest BCUT2D eigenvalue weighted by Crippen LogP contribution is -2.36. The number of nitrogens with one attached hydrogen (secondary N) is 1. The highest BCUT2D eigenvalue weighted by Gasteiger charge is 2.60. The zero-order valence-electron chi connectivity index (χ0n) is 19.0. The molecule has 9 nitrogen and oxygen atoms in total. The minimum Gasteiger partial charge on any atom is -0.457 e. The standard InChI is InChI=1S/C23H16F5N5O4/c1-12-3-5-16(6-4-12)37-17-9-14(8-15(10-17)33(35)36)30-21(34)18-11-20-29-13(2)7-19(32(20)31-18)22(24,25)23(26,27)28/h3-11H,1-2H3,(H,30,34). The van der Waals surface area contributed by atoms with Crippen LogP contribution in [0.1, 0.15) is 27.4 Å². The second-order valence-electron chi connectivity index (χ2n) is 8.00. The van der Waals surface area contributed by atoms with Crippen LogP contribution in [-0.4, -0.2) is 31.6 Å². The molecule has 0 unspecified atom stereocenters. The molecule has 1 N–H and O–H groups in total. The van der Waals surface area contributed by atoms with Crippen LogP contribution in [0, 0.1) is 24.0 Å². The zero-order chi connectivity index (χ0) is 27.1. The Morgan fingerprint density at radius 2 is 1.68 bits per heavy atom. The van der Waals surface area contributed by atoms with E-state index in [1.165, 1.54) is 13.0 Å². The van der Waals surface area contributed by atoms with Gasteiger partial charge in [0.25, 0.3) is 11.6 Å². The largest absolute Gasteiger partial charge is 0.459 e. The van der Waals surface area contributed by atoms with Gasteiger partial charge in [-0.2, -0.15) is 27.1 Å². The fourth-order valence-corrected chi connectivity index (χ4v) is 3.34. The van der Waals surface area contributed by atoms with E-state index in [2.05, 4.69) is 15.4 Å². The molecule has 0 saturated heterocycles. The molecule has 0 aliphatic carbocycles. The molecule has 2 aromatic carbocycles. The lowest BCUT2D eigenvalue weighted by atomic mass is 10.2. The highest BCUT2D eigenvalue weighted by atomic mass is 19.4. The minimum atomic E-state index is -5.92. The number of amides is 1. The molecule has 0 fully saturated rings. The van der Waals surface area contributed by atoms with Crippen LogP contribution in [0.4, 0.5) is 33.3 Å². The topological polar surface area (TPSA) is 112 Å². The Labute approximate surface area is 204 Å². The first kappa shape index (κ1) is 25.5.